The normalized spacial score (nSPS) is 14.1. The number of pyridine rings is 1. The van der Waals surface area contributed by atoms with Crippen molar-refractivity contribution in [3.63, 3.8) is 0 Å². The van der Waals surface area contributed by atoms with Gasteiger partial charge in [-0.1, -0.05) is 6.07 Å². The second-order valence-corrected chi connectivity index (χ2v) is 8.66. The highest BCUT2D eigenvalue weighted by Gasteiger charge is 2.36. The zero-order chi connectivity index (χ0) is 28.3. The monoisotopic (exact) mass is 560 g/mol. The lowest BCUT2D eigenvalue weighted by molar-refractivity contribution is -0.385. The molecule has 1 aromatic heterocycles. The smallest absolute Gasteiger partial charge is 0.294 e. The SMILES string of the molecule is COc1cc(C=C2SC(=O)N(CC(=O)Nc3ccc(F)c(F)c3F)C2=O)ccc1Oc1ccc([N+](=O)[O-])cn1. The number of halogens is 3. The first-order chi connectivity index (χ1) is 18.6. The molecule has 0 spiro atoms. The molecule has 0 unspecified atom stereocenters. The first-order valence-corrected chi connectivity index (χ1v) is 11.5. The third-order valence-electron chi connectivity index (χ3n) is 5.12. The standard InChI is InChI=1S/C24H15F3N4O7S/c1-37-17-8-12(2-6-16(17)38-20-7-3-13(10-28-20)31(35)36)9-18-23(33)30(24(34)39-18)11-19(32)29-15-5-4-14(25)21(26)22(15)27/h2-10H,11H2,1H3,(H,29,32). The predicted octanol–water partition coefficient (Wildman–Crippen LogP) is 4.88. The summed E-state index contributed by atoms with van der Waals surface area (Å²) in [5.74, 6) is -6.16. The number of imide groups is 1. The molecule has 39 heavy (non-hydrogen) atoms. The summed E-state index contributed by atoms with van der Waals surface area (Å²) in [6.07, 6.45) is 2.40. The van der Waals surface area contributed by atoms with Gasteiger partial charge in [-0.25, -0.2) is 18.2 Å². The van der Waals surface area contributed by atoms with Gasteiger partial charge in [-0.15, -0.1) is 0 Å². The minimum absolute atomic E-state index is 0.0282. The molecule has 0 atom stereocenters. The summed E-state index contributed by atoms with van der Waals surface area (Å²) in [6.45, 7) is -0.793. The maximum absolute atomic E-state index is 13.8. The van der Waals surface area contributed by atoms with Gasteiger partial charge in [0.15, 0.2) is 29.0 Å². The van der Waals surface area contributed by atoms with Crippen molar-refractivity contribution in [2.75, 3.05) is 19.0 Å². The molecule has 0 radical (unpaired) electrons. The lowest BCUT2D eigenvalue weighted by atomic mass is 10.2. The number of hydrogen-bond donors (Lipinski definition) is 1. The molecule has 1 fully saturated rings. The number of nitrogens with one attached hydrogen (secondary N) is 1. The van der Waals surface area contributed by atoms with Crippen LogP contribution in [0.25, 0.3) is 6.08 Å². The van der Waals surface area contributed by atoms with Crippen LogP contribution in [-0.2, 0) is 9.59 Å². The van der Waals surface area contributed by atoms with E-state index in [2.05, 4.69) is 4.98 Å². The van der Waals surface area contributed by atoms with Crippen molar-refractivity contribution in [2.24, 2.45) is 0 Å². The van der Waals surface area contributed by atoms with Crippen LogP contribution in [0.1, 0.15) is 5.56 Å². The molecule has 3 aromatic rings. The van der Waals surface area contributed by atoms with Crippen LogP contribution in [0.3, 0.4) is 0 Å². The third-order valence-corrected chi connectivity index (χ3v) is 6.02. The number of amides is 3. The summed E-state index contributed by atoms with van der Waals surface area (Å²) in [6, 6.07) is 8.46. The van der Waals surface area contributed by atoms with Gasteiger partial charge in [0.25, 0.3) is 16.8 Å². The van der Waals surface area contributed by atoms with Crippen LogP contribution < -0.4 is 14.8 Å². The van der Waals surface area contributed by atoms with Crippen molar-refractivity contribution < 1.29 is 42.0 Å². The van der Waals surface area contributed by atoms with E-state index in [0.717, 1.165) is 12.3 Å². The Morgan fingerprint density at radius 1 is 1.13 bits per heavy atom. The zero-order valence-corrected chi connectivity index (χ0v) is 20.5. The predicted molar refractivity (Wildman–Crippen MR) is 132 cm³/mol. The van der Waals surface area contributed by atoms with Gasteiger partial charge in [0.2, 0.25) is 11.8 Å². The van der Waals surface area contributed by atoms with Gasteiger partial charge >= 0.3 is 0 Å². The molecule has 1 aliphatic heterocycles. The number of benzene rings is 2. The molecule has 4 rings (SSSR count). The van der Waals surface area contributed by atoms with E-state index in [1.807, 2.05) is 5.32 Å². The van der Waals surface area contributed by atoms with Gasteiger partial charge in [0.1, 0.15) is 12.7 Å². The molecule has 2 aromatic carbocycles. The fourth-order valence-corrected chi connectivity index (χ4v) is 4.09. The number of anilines is 1. The Morgan fingerprint density at radius 3 is 2.56 bits per heavy atom. The molecule has 1 saturated heterocycles. The summed E-state index contributed by atoms with van der Waals surface area (Å²) in [5, 5.41) is 12.0. The number of thioether (sulfide) groups is 1. The van der Waals surface area contributed by atoms with Crippen molar-refractivity contribution >= 4 is 46.3 Å². The van der Waals surface area contributed by atoms with E-state index < -0.39 is 51.7 Å². The number of aromatic nitrogens is 1. The topological polar surface area (TPSA) is 141 Å². The lowest BCUT2D eigenvalue weighted by Crippen LogP contribution is -2.36. The van der Waals surface area contributed by atoms with Crippen LogP contribution in [-0.4, -0.2) is 45.5 Å². The van der Waals surface area contributed by atoms with E-state index in [0.29, 0.717) is 28.3 Å². The molecule has 1 N–H and O–H groups in total. The summed E-state index contributed by atoms with van der Waals surface area (Å²) >= 11 is 0.554. The summed E-state index contributed by atoms with van der Waals surface area (Å²) in [4.78, 5) is 52.0. The Bertz CT molecular complexity index is 1530. The molecule has 2 heterocycles. The summed E-state index contributed by atoms with van der Waals surface area (Å²) < 4.78 is 51.2. The highest BCUT2D eigenvalue weighted by Crippen LogP contribution is 2.36. The van der Waals surface area contributed by atoms with Gasteiger partial charge in [0, 0.05) is 12.1 Å². The zero-order valence-electron chi connectivity index (χ0n) is 19.6. The summed E-state index contributed by atoms with van der Waals surface area (Å²) in [7, 11) is 1.36. The molecule has 200 valence electrons. The Labute approximate surface area is 221 Å². The number of rotatable bonds is 8. The third kappa shape index (κ3) is 5.98. The number of hydrogen-bond acceptors (Lipinski definition) is 9. The van der Waals surface area contributed by atoms with Gasteiger partial charge < -0.3 is 14.8 Å². The molecule has 1 aliphatic rings. The number of methoxy groups -OCH3 is 1. The quantitative estimate of drug-likeness (QED) is 0.177. The van der Waals surface area contributed by atoms with Gasteiger partial charge in [-0.2, -0.15) is 0 Å². The Balaban J connectivity index is 1.46. The largest absolute Gasteiger partial charge is 0.493 e. The lowest BCUT2D eigenvalue weighted by Gasteiger charge is -2.13. The maximum atomic E-state index is 13.8. The maximum Gasteiger partial charge on any atom is 0.294 e. The van der Waals surface area contributed by atoms with Crippen molar-refractivity contribution in [3.8, 4) is 17.4 Å². The number of ether oxygens (including phenoxy) is 2. The van der Waals surface area contributed by atoms with E-state index in [-0.39, 0.29) is 28.0 Å². The summed E-state index contributed by atoms with van der Waals surface area (Å²) in [5.41, 5.74) is -0.443. The molecule has 11 nitrogen and oxygen atoms in total. The molecule has 0 aliphatic carbocycles. The van der Waals surface area contributed by atoms with E-state index >= 15 is 0 Å². The first kappa shape index (κ1) is 27.1. The van der Waals surface area contributed by atoms with E-state index in [1.54, 1.807) is 0 Å². The number of nitro groups is 1. The first-order valence-electron chi connectivity index (χ1n) is 10.7. The van der Waals surface area contributed by atoms with Crippen molar-refractivity contribution in [3.05, 3.63) is 86.7 Å². The number of carbonyl (C=O) groups is 3. The van der Waals surface area contributed by atoms with Gasteiger partial charge in [-0.3, -0.25) is 29.4 Å². The minimum Gasteiger partial charge on any atom is -0.493 e. The van der Waals surface area contributed by atoms with Crippen LogP contribution in [0.2, 0.25) is 0 Å². The molecule has 0 saturated carbocycles. The fraction of sp³-hybridized carbons (Fsp3) is 0.0833. The van der Waals surface area contributed by atoms with Crippen LogP contribution in [0.5, 0.6) is 17.4 Å². The van der Waals surface area contributed by atoms with Crippen LogP contribution in [0, 0.1) is 27.6 Å². The average molecular weight is 560 g/mol. The minimum atomic E-state index is -1.78. The molecular weight excluding hydrogens is 545 g/mol. The van der Waals surface area contributed by atoms with E-state index in [4.69, 9.17) is 9.47 Å². The molecule has 0 bridgehead atoms. The van der Waals surface area contributed by atoms with Crippen molar-refractivity contribution in [1.29, 1.82) is 0 Å². The Kier molecular flexibility index (Phi) is 7.80. The van der Waals surface area contributed by atoms with Gasteiger partial charge in [0.05, 0.1) is 22.6 Å². The van der Waals surface area contributed by atoms with Crippen LogP contribution in [0.4, 0.5) is 29.3 Å². The molecular formula is C24H15F3N4O7S. The van der Waals surface area contributed by atoms with E-state index in [1.165, 1.54) is 43.5 Å². The number of carbonyl (C=O) groups excluding carboxylic acids is 3. The fourth-order valence-electron chi connectivity index (χ4n) is 3.26. The highest BCUT2D eigenvalue weighted by molar-refractivity contribution is 8.18. The number of nitrogens with zero attached hydrogens (tertiary/aromatic N) is 3. The van der Waals surface area contributed by atoms with Crippen LogP contribution >= 0.6 is 11.8 Å². The second-order valence-electron chi connectivity index (χ2n) is 7.66. The van der Waals surface area contributed by atoms with Gasteiger partial charge in [-0.05, 0) is 47.7 Å². The van der Waals surface area contributed by atoms with Crippen molar-refractivity contribution in [2.45, 2.75) is 0 Å². The Morgan fingerprint density at radius 2 is 1.90 bits per heavy atom. The average Bonchev–Trinajstić information content (AvgIpc) is 3.17. The molecule has 15 heteroatoms. The molecule has 3 amide bonds. The Hall–Kier alpha value is -4.92. The second kappa shape index (κ2) is 11.2. The highest BCUT2D eigenvalue weighted by atomic mass is 32.2. The van der Waals surface area contributed by atoms with Crippen LogP contribution in [0.15, 0.2) is 53.6 Å². The van der Waals surface area contributed by atoms with E-state index in [9.17, 15) is 37.7 Å². The van der Waals surface area contributed by atoms with Crippen molar-refractivity contribution in [1.82, 2.24) is 9.88 Å².